The molecular formula is C16H24N2O2. The van der Waals surface area contributed by atoms with Crippen molar-refractivity contribution in [3.05, 3.63) is 29.8 Å². The molecule has 1 aromatic rings. The van der Waals surface area contributed by atoms with Gasteiger partial charge in [-0.1, -0.05) is 26.0 Å². The van der Waals surface area contributed by atoms with E-state index >= 15 is 0 Å². The van der Waals surface area contributed by atoms with E-state index < -0.39 is 0 Å². The van der Waals surface area contributed by atoms with Gasteiger partial charge in [-0.15, -0.1) is 0 Å². The van der Waals surface area contributed by atoms with E-state index in [1.54, 1.807) is 7.11 Å². The van der Waals surface area contributed by atoms with Crippen molar-refractivity contribution in [1.29, 1.82) is 0 Å². The van der Waals surface area contributed by atoms with Gasteiger partial charge in [-0.05, 0) is 24.6 Å². The Morgan fingerprint density at radius 3 is 2.50 bits per heavy atom. The molecule has 0 aromatic heterocycles. The van der Waals surface area contributed by atoms with Crippen molar-refractivity contribution in [1.82, 2.24) is 5.32 Å². The van der Waals surface area contributed by atoms with Crippen molar-refractivity contribution >= 4 is 5.84 Å². The maximum absolute atomic E-state index is 5.88. The Hall–Kier alpha value is -1.55. The van der Waals surface area contributed by atoms with Crippen molar-refractivity contribution in [2.24, 2.45) is 10.4 Å². The van der Waals surface area contributed by atoms with E-state index in [-0.39, 0.29) is 11.5 Å². The molecule has 1 unspecified atom stereocenters. The molecule has 0 fully saturated rings. The quantitative estimate of drug-likeness (QED) is 0.899. The molecule has 4 nitrogen and oxygen atoms in total. The minimum absolute atomic E-state index is 0.123. The van der Waals surface area contributed by atoms with Crippen LogP contribution in [-0.4, -0.2) is 32.6 Å². The Kier molecular flexibility index (Phi) is 4.65. The summed E-state index contributed by atoms with van der Waals surface area (Å²) in [4.78, 5) is 4.67. The first kappa shape index (κ1) is 14.9. The summed E-state index contributed by atoms with van der Waals surface area (Å²) < 4.78 is 11.1. The number of rotatable bonds is 5. The van der Waals surface area contributed by atoms with E-state index in [0.717, 1.165) is 30.2 Å². The number of methoxy groups -OCH3 is 1. The first-order chi connectivity index (χ1) is 9.55. The van der Waals surface area contributed by atoms with Crippen LogP contribution in [0.2, 0.25) is 0 Å². The topological polar surface area (TPSA) is 42.8 Å². The summed E-state index contributed by atoms with van der Waals surface area (Å²) in [7, 11) is 1.67. The lowest BCUT2D eigenvalue weighted by Gasteiger charge is -2.32. The number of nitrogens with zero attached hydrogens (tertiary/aromatic N) is 1. The summed E-state index contributed by atoms with van der Waals surface area (Å²) in [6.07, 6.45) is -0.123. The van der Waals surface area contributed by atoms with Crippen LogP contribution in [-0.2, 0) is 4.74 Å². The third-order valence-corrected chi connectivity index (χ3v) is 3.43. The van der Waals surface area contributed by atoms with Gasteiger partial charge in [0.15, 0.2) is 0 Å². The molecule has 1 aliphatic rings. The number of ether oxygens (including phenoxy) is 2. The second-order valence-electron chi connectivity index (χ2n) is 5.83. The summed E-state index contributed by atoms with van der Waals surface area (Å²) in [5.41, 5.74) is 1.30. The van der Waals surface area contributed by atoms with E-state index in [0.29, 0.717) is 6.61 Å². The molecule has 0 spiro atoms. The fourth-order valence-corrected chi connectivity index (χ4v) is 2.19. The number of hydrogen-bond donors (Lipinski definition) is 1. The third-order valence-electron chi connectivity index (χ3n) is 3.43. The second-order valence-corrected chi connectivity index (χ2v) is 5.83. The summed E-state index contributed by atoms with van der Waals surface area (Å²) in [5, 5.41) is 3.42. The fraction of sp³-hybridized carbons (Fsp3) is 0.562. The lowest BCUT2D eigenvalue weighted by atomic mass is 9.92. The summed E-state index contributed by atoms with van der Waals surface area (Å²) in [6.45, 7) is 8.83. The van der Waals surface area contributed by atoms with Gasteiger partial charge in [-0.2, -0.15) is 0 Å². The van der Waals surface area contributed by atoms with Gasteiger partial charge < -0.3 is 14.8 Å². The summed E-state index contributed by atoms with van der Waals surface area (Å²) in [6, 6.07) is 7.97. The Morgan fingerprint density at radius 2 is 2.00 bits per heavy atom. The van der Waals surface area contributed by atoms with Crippen LogP contribution in [0.1, 0.15) is 32.4 Å². The number of nitrogens with one attached hydrogen (secondary N) is 1. The van der Waals surface area contributed by atoms with Gasteiger partial charge in [0.1, 0.15) is 17.7 Å². The van der Waals surface area contributed by atoms with Crippen LogP contribution >= 0.6 is 0 Å². The van der Waals surface area contributed by atoms with Crippen LogP contribution in [0.5, 0.6) is 5.75 Å². The zero-order valence-electron chi connectivity index (χ0n) is 12.8. The molecule has 2 rings (SSSR count). The van der Waals surface area contributed by atoms with E-state index in [1.807, 2.05) is 31.2 Å². The van der Waals surface area contributed by atoms with Crippen LogP contribution in [0.4, 0.5) is 0 Å². The zero-order valence-corrected chi connectivity index (χ0v) is 12.8. The standard InChI is InChI=1S/C16H24N2O2/c1-5-20-14(12-6-8-13(19-4)9-7-12)15-17-10-16(2,3)11-18-15/h6-9,14H,5,10-11H2,1-4H3,(H,17,18). The molecule has 20 heavy (non-hydrogen) atoms. The van der Waals surface area contributed by atoms with E-state index in [9.17, 15) is 0 Å². The highest BCUT2D eigenvalue weighted by atomic mass is 16.5. The SMILES string of the molecule is CCOC(C1=NCC(C)(C)CN1)c1ccc(OC)cc1. The van der Waals surface area contributed by atoms with Crippen molar-refractivity contribution in [2.75, 3.05) is 26.8 Å². The van der Waals surface area contributed by atoms with E-state index in [2.05, 4.69) is 24.2 Å². The predicted octanol–water partition coefficient (Wildman–Crippen LogP) is 2.80. The van der Waals surface area contributed by atoms with Gasteiger partial charge in [0.05, 0.1) is 7.11 Å². The molecule has 4 heteroatoms. The van der Waals surface area contributed by atoms with Gasteiger partial charge in [-0.25, -0.2) is 0 Å². The van der Waals surface area contributed by atoms with Gasteiger partial charge in [0, 0.05) is 25.1 Å². The molecule has 1 aromatic carbocycles. The van der Waals surface area contributed by atoms with Crippen LogP contribution in [0.15, 0.2) is 29.3 Å². The molecule has 1 atom stereocenters. The molecular weight excluding hydrogens is 252 g/mol. The van der Waals surface area contributed by atoms with Gasteiger partial charge in [0.2, 0.25) is 0 Å². The van der Waals surface area contributed by atoms with E-state index in [4.69, 9.17) is 9.47 Å². The molecule has 0 saturated carbocycles. The molecule has 0 saturated heterocycles. The molecule has 0 radical (unpaired) electrons. The second kappa shape index (κ2) is 6.27. The average Bonchev–Trinajstić information content (AvgIpc) is 2.45. The normalized spacial score (nSPS) is 18.9. The molecule has 0 aliphatic carbocycles. The Morgan fingerprint density at radius 1 is 1.30 bits per heavy atom. The van der Waals surface area contributed by atoms with Crippen molar-refractivity contribution in [2.45, 2.75) is 26.9 Å². The van der Waals surface area contributed by atoms with Crippen molar-refractivity contribution < 1.29 is 9.47 Å². The highest BCUT2D eigenvalue weighted by molar-refractivity contribution is 5.88. The number of benzene rings is 1. The fourth-order valence-electron chi connectivity index (χ4n) is 2.19. The molecule has 110 valence electrons. The zero-order chi connectivity index (χ0) is 14.6. The maximum atomic E-state index is 5.88. The Bertz CT molecular complexity index is 466. The molecule has 1 aliphatic heterocycles. The van der Waals surface area contributed by atoms with Crippen LogP contribution in [0.25, 0.3) is 0 Å². The first-order valence-corrected chi connectivity index (χ1v) is 7.09. The highest BCUT2D eigenvalue weighted by Gasteiger charge is 2.27. The average molecular weight is 276 g/mol. The minimum atomic E-state index is -0.123. The van der Waals surface area contributed by atoms with Crippen LogP contribution < -0.4 is 10.1 Å². The largest absolute Gasteiger partial charge is 0.497 e. The lowest BCUT2D eigenvalue weighted by Crippen LogP contribution is -2.43. The van der Waals surface area contributed by atoms with Gasteiger partial charge in [-0.3, -0.25) is 4.99 Å². The minimum Gasteiger partial charge on any atom is -0.497 e. The van der Waals surface area contributed by atoms with E-state index in [1.165, 1.54) is 0 Å². The van der Waals surface area contributed by atoms with Crippen LogP contribution in [0.3, 0.4) is 0 Å². The highest BCUT2D eigenvalue weighted by Crippen LogP contribution is 2.25. The number of aliphatic imine (C=N–C) groups is 1. The molecule has 0 bridgehead atoms. The third kappa shape index (κ3) is 3.51. The Labute approximate surface area is 121 Å². The van der Waals surface area contributed by atoms with Crippen molar-refractivity contribution in [3.63, 3.8) is 0 Å². The lowest BCUT2D eigenvalue weighted by molar-refractivity contribution is 0.105. The van der Waals surface area contributed by atoms with Crippen LogP contribution in [0, 0.1) is 5.41 Å². The summed E-state index contributed by atoms with van der Waals surface area (Å²) in [5.74, 6) is 1.78. The number of amidine groups is 1. The molecule has 1 N–H and O–H groups in total. The molecule has 0 amide bonds. The van der Waals surface area contributed by atoms with Gasteiger partial charge in [0.25, 0.3) is 0 Å². The maximum Gasteiger partial charge on any atom is 0.139 e. The first-order valence-electron chi connectivity index (χ1n) is 7.09. The Balaban J connectivity index is 2.20. The number of hydrogen-bond acceptors (Lipinski definition) is 4. The summed E-state index contributed by atoms with van der Waals surface area (Å²) >= 11 is 0. The van der Waals surface area contributed by atoms with Gasteiger partial charge >= 0.3 is 0 Å². The predicted molar refractivity (Wildman–Crippen MR) is 81.4 cm³/mol. The monoisotopic (exact) mass is 276 g/mol. The smallest absolute Gasteiger partial charge is 0.139 e. The molecule has 1 heterocycles. The van der Waals surface area contributed by atoms with Crippen molar-refractivity contribution in [3.8, 4) is 5.75 Å².